The molecule has 0 aliphatic carbocycles. The molecule has 1 saturated heterocycles. The fraction of sp³-hybridized carbons (Fsp3) is 0.438. The topological polar surface area (TPSA) is 100 Å². The average molecular weight is 378 g/mol. The van der Waals surface area contributed by atoms with Crippen LogP contribution in [0.2, 0.25) is 0 Å². The zero-order valence-electron chi connectivity index (χ0n) is 13.8. The van der Waals surface area contributed by atoms with Gasteiger partial charge in [0.2, 0.25) is 15.9 Å². The van der Waals surface area contributed by atoms with Gasteiger partial charge in [0.05, 0.1) is 16.2 Å². The van der Waals surface area contributed by atoms with Gasteiger partial charge in [0.1, 0.15) is 0 Å². The van der Waals surface area contributed by atoms with Crippen LogP contribution in [0.4, 0.5) is 0 Å². The lowest BCUT2D eigenvalue weighted by atomic mass is 10.2. The molecule has 1 aliphatic heterocycles. The molecule has 2 aromatic rings. The molecule has 7 nitrogen and oxygen atoms in total. The Morgan fingerprint density at radius 1 is 1.28 bits per heavy atom. The zero-order chi connectivity index (χ0) is 17.9. The summed E-state index contributed by atoms with van der Waals surface area (Å²) in [7, 11) is -3.51. The van der Waals surface area contributed by atoms with Crippen molar-refractivity contribution in [1.29, 1.82) is 5.26 Å². The molecule has 3 rings (SSSR count). The third kappa shape index (κ3) is 4.03. The number of hydrogen-bond donors (Lipinski definition) is 0. The lowest BCUT2D eigenvalue weighted by Gasteiger charge is -2.25. The number of sulfonamides is 1. The first-order valence-corrected chi connectivity index (χ1v) is 10.3. The molecule has 1 unspecified atom stereocenters. The van der Waals surface area contributed by atoms with Crippen LogP contribution in [0.3, 0.4) is 0 Å². The minimum Gasteiger partial charge on any atom is -0.411 e. The number of benzene rings is 1. The number of piperidine rings is 1. The number of nitrogens with zero attached hydrogens (tertiary/aromatic N) is 4. The molecule has 0 bridgehead atoms. The summed E-state index contributed by atoms with van der Waals surface area (Å²) in [5.41, 5.74) is 0.544. The highest BCUT2D eigenvalue weighted by atomic mass is 32.2. The zero-order valence-corrected chi connectivity index (χ0v) is 15.4. The maximum absolute atomic E-state index is 12.8. The van der Waals surface area contributed by atoms with Crippen molar-refractivity contribution in [3.63, 3.8) is 0 Å². The number of nitriles is 1. The van der Waals surface area contributed by atoms with Crippen LogP contribution in [0.15, 0.2) is 38.8 Å². The first-order valence-electron chi connectivity index (χ1n) is 8.01. The van der Waals surface area contributed by atoms with Crippen molar-refractivity contribution in [3.8, 4) is 17.5 Å². The molecule has 1 atom stereocenters. The molecule has 2 heterocycles. The van der Waals surface area contributed by atoms with Gasteiger partial charge in [-0.2, -0.15) is 9.57 Å². The van der Waals surface area contributed by atoms with Crippen LogP contribution in [0.25, 0.3) is 11.5 Å². The predicted octanol–water partition coefficient (Wildman–Crippen LogP) is 2.92. The second kappa shape index (κ2) is 7.56. The Kier molecular flexibility index (Phi) is 5.42. The summed E-state index contributed by atoms with van der Waals surface area (Å²) in [4.78, 5) is 0.227. The lowest BCUT2D eigenvalue weighted by Crippen LogP contribution is -2.35. The third-order valence-corrected chi connectivity index (χ3v) is 6.62. The molecule has 1 aromatic carbocycles. The molecule has 132 valence electrons. The molecule has 1 aliphatic rings. The first-order chi connectivity index (χ1) is 12.0. The summed E-state index contributed by atoms with van der Waals surface area (Å²) < 4.78 is 32.6. The van der Waals surface area contributed by atoms with Crippen molar-refractivity contribution >= 4 is 21.8 Å². The van der Waals surface area contributed by atoms with Crippen molar-refractivity contribution in [2.75, 3.05) is 13.1 Å². The van der Waals surface area contributed by atoms with E-state index in [-0.39, 0.29) is 21.3 Å². The summed E-state index contributed by atoms with van der Waals surface area (Å²) in [6, 6.07) is 8.61. The van der Waals surface area contributed by atoms with E-state index in [1.165, 1.54) is 4.31 Å². The van der Waals surface area contributed by atoms with Gasteiger partial charge in [0.15, 0.2) is 0 Å². The monoisotopic (exact) mass is 378 g/mol. The van der Waals surface area contributed by atoms with Gasteiger partial charge in [-0.25, -0.2) is 8.42 Å². The Bertz CT molecular complexity index is 883. The minimum atomic E-state index is -3.51. The van der Waals surface area contributed by atoms with E-state index in [0.29, 0.717) is 18.7 Å². The molecule has 0 radical (unpaired) electrons. The van der Waals surface area contributed by atoms with E-state index in [2.05, 4.69) is 16.3 Å². The molecular weight excluding hydrogens is 360 g/mol. The highest BCUT2D eigenvalue weighted by molar-refractivity contribution is 7.99. The van der Waals surface area contributed by atoms with Gasteiger partial charge < -0.3 is 4.42 Å². The van der Waals surface area contributed by atoms with Gasteiger partial charge >= 0.3 is 0 Å². The predicted molar refractivity (Wildman–Crippen MR) is 93.3 cm³/mol. The summed E-state index contributed by atoms with van der Waals surface area (Å²) in [6.07, 6.45) is 2.84. The van der Waals surface area contributed by atoms with E-state index < -0.39 is 10.0 Å². The quantitative estimate of drug-likeness (QED) is 0.737. The molecule has 0 amide bonds. The molecule has 25 heavy (non-hydrogen) atoms. The van der Waals surface area contributed by atoms with Crippen molar-refractivity contribution < 1.29 is 12.8 Å². The minimum absolute atomic E-state index is 0.227. The van der Waals surface area contributed by atoms with Gasteiger partial charge in [0, 0.05) is 18.7 Å². The standard InChI is InChI=1S/C16H18N4O3S2/c1-12(11-17)24-16-19-18-15(23-16)13-6-5-7-14(10-13)25(21,22)20-8-3-2-4-9-20/h5-7,10,12H,2-4,8-9H2,1H3. The van der Waals surface area contributed by atoms with Crippen LogP contribution in [0.5, 0.6) is 0 Å². The Morgan fingerprint density at radius 3 is 2.76 bits per heavy atom. The molecule has 1 fully saturated rings. The van der Waals surface area contributed by atoms with E-state index >= 15 is 0 Å². The highest BCUT2D eigenvalue weighted by Crippen LogP contribution is 2.28. The van der Waals surface area contributed by atoms with Gasteiger partial charge in [-0.05, 0) is 49.7 Å². The van der Waals surface area contributed by atoms with Gasteiger partial charge in [0.25, 0.3) is 5.22 Å². The van der Waals surface area contributed by atoms with Crippen LogP contribution < -0.4 is 0 Å². The van der Waals surface area contributed by atoms with Crippen LogP contribution >= 0.6 is 11.8 Å². The van der Waals surface area contributed by atoms with Crippen molar-refractivity contribution in [2.45, 2.75) is 41.6 Å². The maximum Gasteiger partial charge on any atom is 0.278 e. The highest BCUT2D eigenvalue weighted by Gasteiger charge is 2.26. The molecule has 0 N–H and O–H groups in total. The average Bonchev–Trinajstić information content (AvgIpc) is 3.11. The summed E-state index contributed by atoms with van der Waals surface area (Å²) in [5, 5.41) is 16.7. The number of hydrogen-bond acceptors (Lipinski definition) is 7. The Hall–Kier alpha value is -1.89. The van der Waals surface area contributed by atoms with E-state index in [0.717, 1.165) is 31.0 Å². The summed E-state index contributed by atoms with van der Waals surface area (Å²) >= 11 is 1.16. The molecule has 9 heteroatoms. The molecule has 0 saturated carbocycles. The van der Waals surface area contributed by atoms with Crippen LogP contribution in [0, 0.1) is 11.3 Å². The fourth-order valence-electron chi connectivity index (χ4n) is 2.60. The number of aromatic nitrogens is 2. The smallest absolute Gasteiger partial charge is 0.278 e. The largest absolute Gasteiger partial charge is 0.411 e. The van der Waals surface area contributed by atoms with Gasteiger partial charge in [-0.3, -0.25) is 0 Å². The van der Waals surface area contributed by atoms with E-state index in [1.54, 1.807) is 31.2 Å². The third-order valence-electron chi connectivity index (χ3n) is 3.90. The Balaban J connectivity index is 1.85. The normalized spacial score (nSPS) is 17.1. The molecular formula is C16H18N4O3S2. The van der Waals surface area contributed by atoms with E-state index in [4.69, 9.17) is 9.68 Å². The van der Waals surface area contributed by atoms with Crippen LogP contribution in [-0.2, 0) is 10.0 Å². The number of rotatable bonds is 5. The number of thioether (sulfide) groups is 1. The van der Waals surface area contributed by atoms with Crippen LogP contribution in [0.1, 0.15) is 26.2 Å². The van der Waals surface area contributed by atoms with E-state index in [9.17, 15) is 8.42 Å². The SMILES string of the molecule is CC(C#N)Sc1nnc(-c2cccc(S(=O)(=O)N3CCCCC3)c2)o1. The summed E-state index contributed by atoms with van der Waals surface area (Å²) in [6.45, 7) is 2.85. The molecule has 1 aromatic heterocycles. The lowest BCUT2D eigenvalue weighted by molar-refractivity contribution is 0.346. The van der Waals surface area contributed by atoms with Crippen molar-refractivity contribution in [2.24, 2.45) is 0 Å². The fourth-order valence-corrected chi connectivity index (χ4v) is 4.73. The molecule has 0 spiro atoms. The van der Waals surface area contributed by atoms with Gasteiger partial charge in [-0.1, -0.05) is 12.5 Å². The van der Waals surface area contributed by atoms with Crippen molar-refractivity contribution in [1.82, 2.24) is 14.5 Å². The second-order valence-corrected chi connectivity index (χ2v) is 8.98. The second-order valence-electron chi connectivity index (χ2n) is 5.75. The maximum atomic E-state index is 12.8. The van der Waals surface area contributed by atoms with Gasteiger partial charge in [-0.15, -0.1) is 10.2 Å². The Morgan fingerprint density at radius 2 is 2.04 bits per heavy atom. The Labute approximate surface area is 151 Å². The van der Waals surface area contributed by atoms with Crippen LogP contribution in [-0.4, -0.2) is 41.3 Å². The van der Waals surface area contributed by atoms with E-state index in [1.807, 2.05) is 0 Å². The first kappa shape index (κ1) is 17.9. The summed E-state index contributed by atoms with van der Waals surface area (Å²) in [5.74, 6) is 0.239. The van der Waals surface area contributed by atoms with Crippen molar-refractivity contribution in [3.05, 3.63) is 24.3 Å².